The number of nitrogens with zero attached hydrogens (tertiary/aromatic N) is 3. The summed E-state index contributed by atoms with van der Waals surface area (Å²) in [4.78, 5) is 49.4. The highest BCUT2D eigenvalue weighted by Gasteiger charge is 2.31. The number of aromatic nitrogens is 2. The number of aliphatic hydroxyl groups excluding tert-OH is 1. The van der Waals surface area contributed by atoms with E-state index in [1.807, 2.05) is 79.9 Å². The molecule has 0 unspecified atom stereocenters. The number of hydrogen-bond donors (Lipinski definition) is 4. The Morgan fingerprint density at radius 2 is 1.65 bits per heavy atom. The number of rotatable bonds is 17. The van der Waals surface area contributed by atoms with Crippen LogP contribution < -0.4 is 20.7 Å². The van der Waals surface area contributed by atoms with Crippen LogP contribution in [0.25, 0.3) is 0 Å². The second-order valence-corrected chi connectivity index (χ2v) is 12.8. The zero-order valence-electron chi connectivity index (χ0n) is 28.1. The van der Waals surface area contributed by atoms with Crippen LogP contribution in [0.5, 0.6) is 5.19 Å². The smallest absolute Gasteiger partial charge is 0.407 e. The molecule has 0 bridgehead atoms. The average molecular weight is 693 g/mol. The second kappa shape index (κ2) is 18.6. The van der Waals surface area contributed by atoms with E-state index < -0.39 is 36.4 Å². The third kappa shape index (κ3) is 11.9. The number of aliphatic hydroxyl groups is 1. The van der Waals surface area contributed by atoms with Crippen LogP contribution in [0.1, 0.15) is 42.8 Å². The summed E-state index contributed by atoms with van der Waals surface area (Å²) < 4.78 is 15.6. The Kier molecular flexibility index (Phi) is 14.0. The molecule has 262 valence electrons. The van der Waals surface area contributed by atoms with Gasteiger partial charge >= 0.3 is 12.1 Å². The highest BCUT2D eigenvalue weighted by molar-refractivity contribution is 7.11. The van der Waals surface area contributed by atoms with Crippen LogP contribution in [0, 0.1) is 5.92 Å². The topological polar surface area (TPSA) is 168 Å². The SMILES string of the molecule is COc1nc(CN(C)C(=O)N[C@H](C(=O)N[C@@H](Cc2ccccc2)C[C@H](O)[C@H](Cc2ccccc2)NC(=O)OCc2cnco2)C(C)C)cs1. The van der Waals surface area contributed by atoms with E-state index in [0.717, 1.165) is 11.1 Å². The van der Waals surface area contributed by atoms with Gasteiger partial charge in [-0.1, -0.05) is 85.8 Å². The Bertz CT molecular complexity index is 1590. The second-order valence-electron chi connectivity index (χ2n) is 12.0. The maximum atomic E-state index is 13.8. The fourth-order valence-corrected chi connectivity index (χ4v) is 5.81. The van der Waals surface area contributed by atoms with Gasteiger partial charge in [0.15, 0.2) is 18.8 Å². The quantitative estimate of drug-likeness (QED) is 0.126. The first kappa shape index (κ1) is 36.9. The first-order valence-electron chi connectivity index (χ1n) is 16.0. The molecule has 2 aromatic heterocycles. The monoisotopic (exact) mass is 692 g/mol. The zero-order valence-corrected chi connectivity index (χ0v) is 28.9. The molecule has 0 fully saturated rings. The van der Waals surface area contributed by atoms with Crippen molar-refractivity contribution in [3.8, 4) is 5.19 Å². The molecule has 0 spiro atoms. The molecule has 13 nitrogen and oxygen atoms in total. The summed E-state index contributed by atoms with van der Waals surface area (Å²) in [5.74, 6) is -0.257. The lowest BCUT2D eigenvalue weighted by Crippen LogP contribution is -2.55. The fraction of sp³-hybridized carbons (Fsp3) is 0.400. The summed E-state index contributed by atoms with van der Waals surface area (Å²) in [6.07, 6.45) is 1.69. The molecule has 0 radical (unpaired) electrons. The molecule has 2 aromatic carbocycles. The van der Waals surface area contributed by atoms with Crippen molar-refractivity contribution in [2.75, 3.05) is 14.2 Å². The van der Waals surface area contributed by atoms with Crippen molar-refractivity contribution >= 4 is 29.4 Å². The predicted molar refractivity (Wildman–Crippen MR) is 184 cm³/mol. The van der Waals surface area contributed by atoms with Crippen molar-refractivity contribution in [1.82, 2.24) is 30.8 Å². The van der Waals surface area contributed by atoms with Crippen molar-refractivity contribution in [3.63, 3.8) is 0 Å². The third-order valence-electron chi connectivity index (χ3n) is 7.77. The highest BCUT2D eigenvalue weighted by atomic mass is 32.1. The number of ether oxygens (including phenoxy) is 2. The number of carbonyl (C=O) groups excluding carboxylic acids is 3. The summed E-state index contributed by atoms with van der Waals surface area (Å²) in [5.41, 5.74) is 2.51. The molecule has 4 atom stereocenters. The predicted octanol–water partition coefficient (Wildman–Crippen LogP) is 4.32. The minimum absolute atomic E-state index is 0.102. The first-order valence-corrected chi connectivity index (χ1v) is 16.9. The van der Waals surface area contributed by atoms with Crippen LogP contribution >= 0.6 is 11.3 Å². The molecule has 0 aliphatic heterocycles. The molecular formula is C35H44N6O7S. The average Bonchev–Trinajstić information content (AvgIpc) is 3.79. The largest absolute Gasteiger partial charge is 0.473 e. The number of hydrogen-bond acceptors (Lipinski definition) is 10. The number of urea groups is 1. The molecular weight excluding hydrogens is 648 g/mol. The number of nitrogens with one attached hydrogen (secondary N) is 3. The van der Waals surface area contributed by atoms with Crippen molar-refractivity contribution in [2.24, 2.45) is 5.92 Å². The van der Waals surface area contributed by atoms with Gasteiger partial charge in [0.2, 0.25) is 5.91 Å². The van der Waals surface area contributed by atoms with E-state index in [2.05, 4.69) is 25.9 Å². The lowest BCUT2D eigenvalue weighted by Gasteiger charge is -2.30. The molecule has 0 aliphatic rings. The van der Waals surface area contributed by atoms with Gasteiger partial charge in [-0.25, -0.2) is 19.6 Å². The van der Waals surface area contributed by atoms with E-state index in [1.165, 1.54) is 35.9 Å². The van der Waals surface area contributed by atoms with Crippen LogP contribution in [-0.4, -0.2) is 76.4 Å². The van der Waals surface area contributed by atoms with Gasteiger partial charge in [-0.15, -0.1) is 0 Å². The molecule has 4 amide bonds. The number of thiazole rings is 1. The van der Waals surface area contributed by atoms with Crippen molar-refractivity contribution < 1.29 is 33.4 Å². The highest BCUT2D eigenvalue weighted by Crippen LogP contribution is 2.19. The molecule has 14 heteroatoms. The molecule has 2 heterocycles. The normalized spacial score (nSPS) is 13.5. The summed E-state index contributed by atoms with van der Waals surface area (Å²) in [7, 11) is 3.16. The van der Waals surface area contributed by atoms with Gasteiger partial charge in [-0.3, -0.25) is 4.79 Å². The van der Waals surface area contributed by atoms with Gasteiger partial charge in [-0.2, -0.15) is 0 Å². The molecule has 4 rings (SSSR count). The molecule has 0 aliphatic carbocycles. The van der Waals surface area contributed by atoms with Crippen LogP contribution in [-0.2, 0) is 35.5 Å². The molecule has 4 aromatic rings. The van der Waals surface area contributed by atoms with Crippen LogP contribution in [0.3, 0.4) is 0 Å². The van der Waals surface area contributed by atoms with E-state index >= 15 is 0 Å². The first-order chi connectivity index (χ1) is 23.6. The molecule has 49 heavy (non-hydrogen) atoms. The maximum Gasteiger partial charge on any atom is 0.407 e. The summed E-state index contributed by atoms with van der Waals surface area (Å²) in [6, 6.07) is 16.4. The number of amides is 4. The van der Waals surface area contributed by atoms with Gasteiger partial charge in [0.05, 0.1) is 37.7 Å². The Labute approximate surface area is 290 Å². The van der Waals surface area contributed by atoms with E-state index in [1.54, 1.807) is 7.05 Å². The van der Waals surface area contributed by atoms with Crippen molar-refractivity contribution in [1.29, 1.82) is 0 Å². The van der Waals surface area contributed by atoms with Gasteiger partial charge in [0.1, 0.15) is 6.04 Å². The molecule has 0 saturated heterocycles. The Morgan fingerprint density at radius 3 is 2.24 bits per heavy atom. The van der Waals surface area contributed by atoms with E-state index in [4.69, 9.17) is 13.9 Å². The molecule has 0 saturated carbocycles. The standard InChI is InChI=1S/C35H44N6O7S/c1-23(2)31(40-33(44)41(3)19-27-21-49-35(38-27)46-4)32(43)37-26(15-24-11-7-5-8-12-24)17-30(42)29(16-25-13-9-6-10-14-25)39-34(45)47-20-28-18-36-22-48-28/h5-14,18,21-23,26,29-31,42H,15-17,19-20H2,1-4H3,(H,37,43)(H,39,45)(H,40,44)/t26-,29-,30-,31-/m0/s1. The van der Waals surface area contributed by atoms with Crippen molar-refractivity contribution in [3.05, 3.63) is 101 Å². The van der Waals surface area contributed by atoms with Crippen molar-refractivity contribution in [2.45, 2.75) is 70.5 Å². The van der Waals surface area contributed by atoms with Gasteiger partial charge in [-0.05, 0) is 36.3 Å². The Balaban J connectivity index is 1.47. The number of methoxy groups -OCH3 is 1. The summed E-state index contributed by atoms with van der Waals surface area (Å²) in [5, 5.41) is 22.7. The Hall–Kier alpha value is -4.95. The van der Waals surface area contributed by atoms with Gasteiger partial charge < -0.3 is 39.8 Å². The number of oxazole rings is 1. The lowest BCUT2D eigenvalue weighted by molar-refractivity contribution is -0.124. The van der Waals surface area contributed by atoms with E-state index in [9.17, 15) is 19.5 Å². The minimum atomic E-state index is -1.08. The number of benzene rings is 2. The maximum absolute atomic E-state index is 13.8. The third-order valence-corrected chi connectivity index (χ3v) is 8.62. The fourth-order valence-electron chi connectivity index (χ4n) is 5.18. The van der Waals surface area contributed by atoms with Crippen LogP contribution in [0.2, 0.25) is 0 Å². The summed E-state index contributed by atoms with van der Waals surface area (Å²) >= 11 is 1.33. The van der Waals surface area contributed by atoms with Crippen LogP contribution in [0.4, 0.5) is 9.59 Å². The lowest BCUT2D eigenvalue weighted by atomic mass is 9.93. The van der Waals surface area contributed by atoms with E-state index in [0.29, 0.717) is 29.5 Å². The Morgan fingerprint density at radius 1 is 0.980 bits per heavy atom. The van der Waals surface area contributed by atoms with Gasteiger partial charge in [0.25, 0.3) is 5.19 Å². The summed E-state index contributed by atoms with van der Waals surface area (Å²) in [6.45, 7) is 3.81. The van der Waals surface area contributed by atoms with Gasteiger partial charge in [0, 0.05) is 18.5 Å². The zero-order chi connectivity index (χ0) is 35.2. The number of alkyl carbamates (subject to hydrolysis) is 1. The number of carbonyl (C=O) groups is 3. The molecule has 4 N–H and O–H groups in total. The van der Waals surface area contributed by atoms with E-state index in [-0.39, 0.29) is 31.4 Å². The minimum Gasteiger partial charge on any atom is -0.473 e. The van der Waals surface area contributed by atoms with Crippen LogP contribution in [0.15, 0.2) is 83.1 Å².